The first-order valence-electron chi connectivity index (χ1n) is 5.88. The Balaban J connectivity index is 1.99. The lowest BCUT2D eigenvalue weighted by Crippen LogP contribution is -2.45. The summed E-state index contributed by atoms with van der Waals surface area (Å²) in [6.07, 6.45) is 2.13. The number of piperidine rings is 1. The fourth-order valence-electron chi connectivity index (χ4n) is 2.06. The van der Waals surface area contributed by atoms with Crippen LogP contribution in [0, 0.1) is 5.82 Å². The molecule has 1 fully saturated rings. The number of hydrogen-bond acceptors (Lipinski definition) is 2. The highest BCUT2D eigenvalue weighted by Gasteiger charge is 2.27. The van der Waals surface area contributed by atoms with Crippen LogP contribution in [0.15, 0.2) is 22.7 Å². The van der Waals surface area contributed by atoms with Crippen LogP contribution in [0.4, 0.5) is 4.39 Å². The summed E-state index contributed by atoms with van der Waals surface area (Å²) in [6.45, 7) is 4.28. The van der Waals surface area contributed by atoms with Crippen molar-refractivity contribution in [3.05, 3.63) is 34.1 Å². The molecule has 94 valence electrons. The Hall–Kier alpha value is -0.450. The van der Waals surface area contributed by atoms with E-state index in [0.29, 0.717) is 12.2 Å². The van der Waals surface area contributed by atoms with Crippen molar-refractivity contribution in [2.45, 2.75) is 32.0 Å². The molecule has 1 N–H and O–H groups in total. The minimum Gasteiger partial charge on any atom is -0.369 e. The van der Waals surface area contributed by atoms with Crippen LogP contribution in [-0.2, 0) is 11.3 Å². The van der Waals surface area contributed by atoms with Gasteiger partial charge in [-0.3, -0.25) is 0 Å². The summed E-state index contributed by atoms with van der Waals surface area (Å²) in [7, 11) is 0. The fraction of sp³-hybridized carbons (Fsp3) is 0.538. The van der Waals surface area contributed by atoms with Gasteiger partial charge in [-0.05, 0) is 44.5 Å². The first-order valence-corrected chi connectivity index (χ1v) is 6.67. The maximum Gasteiger partial charge on any atom is 0.128 e. The summed E-state index contributed by atoms with van der Waals surface area (Å²) in [5.74, 6) is -0.208. The highest BCUT2D eigenvalue weighted by molar-refractivity contribution is 9.10. The van der Waals surface area contributed by atoms with E-state index >= 15 is 0 Å². The van der Waals surface area contributed by atoms with Gasteiger partial charge in [0.1, 0.15) is 5.82 Å². The van der Waals surface area contributed by atoms with Gasteiger partial charge in [-0.2, -0.15) is 0 Å². The minimum absolute atomic E-state index is 0.174. The summed E-state index contributed by atoms with van der Waals surface area (Å²) in [5.41, 5.74) is 0.429. The van der Waals surface area contributed by atoms with Crippen molar-refractivity contribution in [2.24, 2.45) is 0 Å². The lowest BCUT2D eigenvalue weighted by Gasteiger charge is -2.34. The van der Waals surface area contributed by atoms with Crippen molar-refractivity contribution in [3.63, 3.8) is 0 Å². The van der Waals surface area contributed by atoms with Gasteiger partial charge in [0.15, 0.2) is 0 Å². The first-order chi connectivity index (χ1) is 8.09. The summed E-state index contributed by atoms with van der Waals surface area (Å²) >= 11 is 3.34. The molecule has 1 aliphatic rings. The van der Waals surface area contributed by atoms with E-state index in [1.165, 1.54) is 6.07 Å². The van der Waals surface area contributed by atoms with E-state index < -0.39 is 0 Å². The van der Waals surface area contributed by atoms with Crippen LogP contribution < -0.4 is 5.32 Å². The summed E-state index contributed by atoms with van der Waals surface area (Å²) in [6, 6.07) is 4.93. The largest absolute Gasteiger partial charge is 0.369 e. The second-order valence-corrected chi connectivity index (χ2v) is 5.67. The average Bonchev–Trinajstić information content (AvgIpc) is 2.31. The van der Waals surface area contributed by atoms with Crippen molar-refractivity contribution in [1.29, 1.82) is 0 Å². The van der Waals surface area contributed by atoms with E-state index in [2.05, 4.69) is 28.2 Å². The zero-order valence-electron chi connectivity index (χ0n) is 9.93. The zero-order valence-corrected chi connectivity index (χ0v) is 11.5. The van der Waals surface area contributed by atoms with Crippen LogP contribution >= 0.6 is 15.9 Å². The molecule has 4 heteroatoms. The molecule has 1 unspecified atom stereocenters. The zero-order chi connectivity index (χ0) is 12.3. The third-order valence-electron chi connectivity index (χ3n) is 3.14. The molecule has 1 heterocycles. The van der Waals surface area contributed by atoms with Crippen molar-refractivity contribution >= 4 is 15.9 Å². The Morgan fingerprint density at radius 2 is 2.35 bits per heavy atom. The number of hydrogen-bond donors (Lipinski definition) is 1. The number of ether oxygens (including phenoxy) is 1. The van der Waals surface area contributed by atoms with Gasteiger partial charge in [-0.15, -0.1) is 0 Å². The van der Waals surface area contributed by atoms with Gasteiger partial charge in [0, 0.05) is 16.6 Å². The third kappa shape index (κ3) is 3.50. The number of halogens is 2. The van der Waals surface area contributed by atoms with Crippen molar-refractivity contribution < 1.29 is 9.13 Å². The summed E-state index contributed by atoms with van der Waals surface area (Å²) in [5, 5.41) is 3.31. The van der Waals surface area contributed by atoms with Crippen LogP contribution in [0.3, 0.4) is 0 Å². The SMILES string of the molecule is CC1(OCc2cc(Br)ccc2F)CCCNC1. The molecular formula is C13H17BrFNO. The summed E-state index contributed by atoms with van der Waals surface area (Å²) in [4.78, 5) is 0. The van der Waals surface area contributed by atoms with E-state index in [4.69, 9.17) is 4.74 Å². The molecule has 0 radical (unpaired) electrons. The molecule has 17 heavy (non-hydrogen) atoms. The molecule has 0 amide bonds. The van der Waals surface area contributed by atoms with Gasteiger partial charge >= 0.3 is 0 Å². The highest BCUT2D eigenvalue weighted by Crippen LogP contribution is 2.23. The second kappa shape index (κ2) is 5.46. The van der Waals surface area contributed by atoms with Crippen LogP contribution in [0.1, 0.15) is 25.3 Å². The molecule has 1 saturated heterocycles. The predicted molar refractivity (Wildman–Crippen MR) is 69.4 cm³/mol. The average molecular weight is 302 g/mol. The molecule has 0 spiro atoms. The number of nitrogens with one attached hydrogen (secondary N) is 1. The quantitative estimate of drug-likeness (QED) is 0.925. The molecule has 0 saturated carbocycles. The Bertz CT molecular complexity index is 391. The Morgan fingerprint density at radius 3 is 3.06 bits per heavy atom. The molecule has 1 aromatic rings. The molecule has 0 aliphatic carbocycles. The van der Waals surface area contributed by atoms with Crippen LogP contribution in [0.2, 0.25) is 0 Å². The second-order valence-electron chi connectivity index (χ2n) is 4.75. The van der Waals surface area contributed by atoms with Crippen LogP contribution in [0.5, 0.6) is 0 Å². The molecule has 1 aromatic carbocycles. The summed E-state index contributed by atoms with van der Waals surface area (Å²) < 4.78 is 20.3. The molecular weight excluding hydrogens is 285 g/mol. The van der Waals surface area contributed by atoms with Gasteiger partial charge in [0.25, 0.3) is 0 Å². The van der Waals surface area contributed by atoms with Crippen molar-refractivity contribution in [3.8, 4) is 0 Å². The maximum atomic E-state index is 13.5. The van der Waals surface area contributed by atoms with E-state index in [1.54, 1.807) is 12.1 Å². The van der Waals surface area contributed by atoms with Crippen LogP contribution in [0.25, 0.3) is 0 Å². The molecule has 2 rings (SSSR count). The van der Waals surface area contributed by atoms with E-state index in [-0.39, 0.29) is 11.4 Å². The standard InChI is InChI=1S/C13H17BrFNO/c1-13(5-2-6-16-9-13)17-8-10-7-11(14)3-4-12(10)15/h3-4,7,16H,2,5-6,8-9H2,1H3. The molecule has 1 atom stereocenters. The molecule has 0 bridgehead atoms. The van der Waals surface area contributed by atoms with Crippen LogP contribution in [-0.4, -0.2) is 18.7 Å². The lowest BCUT2D eigenvalue weighted by molar-refractivity contribution is -0.0580. The topological polar surface area (TPSA) is 21.3 Å². The predicted octanol–water partition coefficient (Wildman–Crippen LogP) is 3.25. The van der Waals surface area contributed by atoms with E-state index in [0.717, 1.165) is 30.4 Å². The van der Waals surface area contributed by atoms with Gasteiger partial charge in [-0.25, -0.2) is 4.39 Å². The van der Waals surface area contributed by atoms with E-state index in [9.17, 15) is 4.39 Å². The molecule has 1 aliphatic heterocycles. The number of rotatable bonds is 3. The lowest BCUT2D eigenvalue weighted by atomic mass is 9.96. The highest BCUT2D eigenvalue weighted by atomic mass is 79.9. The van der Waals surface area contributed by atoms with Gasteiger partial charge in [0.05, 0.1) is 12.2 Å². The van der Waals surface area contributed by atoms with Gasteiger partial charge in [0.2, 0.25) is 0 Å². The number of benzene rings is 1. The van der Waals surface area contributed by atoms with E-state index in [1.807, 2.05) is 0 Å². The fourth-order valence-corrected chi connectivity index (χ4v) is 2.47. The first kappa shape index (κ1) is 13.0. The third-order valence-corrected chi connectivity index (χ3v) is 3.64. The Kier molecular flexibility index (Phi) is 4.17. The Morgan fingerprint density at radius 1 is 1.53 bits per heavy atom. The van der Waals surface area contributed by atoms with Crippen molar-refractivity contribution in [1.82, 2.24) is 5.32 Å². The maximum absolute atomic E-state index is 13.5. The van der Waals surface area contributed by atoms with Gasteiger partial charge < -0.3 is 10.1 Å². The smallest absolute Gasteiger partial charge is 0.128 e. The molecule has 0 aromatic heterocycles. The molecule has 2 nitrogen and oxygen atoms in total. The minimum atomic E-state index is -0.208. The van der Waals surface area contributed by atoms with Crippen molar-refractivity contribution in [2.75, 3.05) is 13.1 Å². The van der Waals surface area contributed by atoms with Gasteiger partial charge in [-0.1, -0.05) is 15.9 Å². The monoisotopic (exact) mass is 301 g/mol. The Labute approximate surface area is 110 Å². The normalized spacial score (nSPS) is 24.9.